The molecule has 1 aliphatic carbocycles. The first-order valence-electron chi connectivity index (χ1n) is 14.7. The first kappa shape index (κ1) is 27.6. The lowest BCUT2D eigenvalue weighted by Crippen LogP contribution is -2.39. The minimum Gasteiger partial charge on any atom is -0.497 e. The third-order valence-corrected chi connectivity index (χ3v) is 8.72. The molecule has 1 fully saturated rings. The van der Waals surface area contributed by atoms with Crippen LogP contribution in [0.25, 0.3) is 10.9 Å². The molecule has 1 saturated heterocycles. The lowest BCUT2D eigenvalue weighted by molar-refractivity contribution is -0.150. The Bertz CT molecular complexity index is 1860. The summed E-state index contributed by atoms with van der Waals surface area (Å²) in [6, 6.07) is 25.1. The number of aromatic amines is 1. The maximum absolute atomic E-state index is 14.4. The van der Waals surface area contributed by atoms with Crippen molar-refractivity contribution in [1.29, 1.82) is 0 Å². The summed E-state index contributed by atoms with van der Waals surface area (Å²) in [6.45, 7) is 2.35. The fourth-order valence-electron chi connectivity index (χ4n) is 6.86. The van der Waals surface area contributed by atoms with E-state index in [-0.39, 0.29) is 19.1 Å². The normalized spacial score (nSPS) is 20.9. The van der Waals surface area contributed by atoms with E-state index in [0.717, 1.165) is 27.6 Å². The van der Waals surface area contributed by atoms with E-state index >= 15 is 0 Å². The number of para-hydroxylation sites is 1. The van der Waals surface area contributed by atoms with Crippen LogP contribution in [0.15, 0.2) is 85.1 Å². The average molecular weight is 590 g/mol. The number of rotatable bonds is 8. The number of likely N-dealkylation sites (tertiary alicyclic amines) is 1. The highest BCUT2D eigenvalue weighted by Crippen LogP contribution is 2.55. The van der Waals surface area contributed by atoms with Gasteiger partial charge in [0.25, 0.3) is 0 Å². The second-order valence-corrected chi connectivity index (χ2v) is 11.2. The van der Waals surface area contributed by atoms with Gasteiger partial charge in [-0.2, -0.15) is 0 Å². The highest BCUT2D eigenvalue weighted by Gasteiger charge is 2.61. The molecule has 0 spiro atoms. The molecule has 0 unspecified atom stereocenters. The Labute approximate surface area is 253 Å². The molecule has 1 aliphatic heterocycles. The number of nitrogens with one attached hydrogen (secondary N) is 1. The molecule has 0 saturated carbocycles. The van der Waals surface area contributed by atoms with Crippen molar-refractivity contribution >= 4 is 28.7 Å². The van der Waals surface area contributed by atoms with Crippen LogP contribution < -0.4 is 4.74 Å². The van der Waals surface area contributed by atoms with Crippen LogP contribution in [0.1, 0.15) is 46.8 Å². The fourth-order valence-corrected chi connectivity index (χ4v) is 6.86. The van der Waals surface area contributed by atoms with Crippen molar-refractivity contribution < 1.29 is 23.9 Å². The molecule has 5 aromatic rings. The van der Waals surface area contributed by atoms with Gasteiger partial charge in [-0.25, -0.2) is 4.68 Å². The summed E-state index contributed by atoms with van der Waals surface area (Å²) in [7, 11) is 1.60. The predicted octanol–water partition coefficient (Wildman–Crippen LogP) is 4.41. The summed E-state index contributed by atoms with van der Waals surface area (Å²) in [4.78, 5) is 47.0. The van der Waals surface area contributed by atoms with Gasteiger partial charge >= 0.3 is 5.97 Å². The molecule has 222 valence electrons. The average Bonchev–Trinajstić information content (AvgIpc) is 3.72. The number of benzene rings is 3. The van der Waals surface area contributed by atoms with Gasteiger partial charge in [-0.15, -0.1) is 5.10 Å². The van der Waals surface area contributed by atoms with Gasteiger partial charge in [-0.3, -0.25) is 19.3 Å². The van der Waals surface area contributed by atoms with Gasteiger partial charge in [-0.1, -0.05) is 65.9 Å². The van der Waals surface area contributed by atoms with E-state index in [0.29, 0.717) is 23.7 Å². The van der Waals surface area contributed by atoms with Crippen molar-refractivity contribution in [3.63, 3.8) is 0 Å². The Balaban J connectivity index is 1.32. The minimum atomic E-state index is -0.966. The Morgan fingerprint density at radius 3 is 2.39 bits per heavy atom. The summed E-state index contributed by atoms with van der Waals surface area (Å²) >= 11 is 0. The first-order valence-corrected chi connectivity index (χ1v) is 14.7. The molecule has 1 N–H and O–H groups in total. The SMILES string of the molecule is CCOC(=O)[C@H]1c2[nH]c3ccccc3c2[C@H](c2ccc(OC)cc2)[C@@H]2C(=O)N(Cc3cn(Cc4ccccc4)nn3)C(=O)[C@@H]21. The van der Waals surface area contributed by atoms with Gasteiger partial charge in [-0.05, 0) is 41.8 Å². The Morgan fingerprint density at radius 2 is 1.64 bits per heavy atom. The summed E-state index contributed by atoms with van der Waals surface area (Å²) in [5.74, 6) is -3.84. The fraction of sp³-hybridized carbons (Fsp3) is 0.265. The third kappa shape index (κ3) is 4.54. The molecule has 7 rings (SSSR count). The largest absolute Gasteiger partial charge is 0.497 e. The Hall–Kier alpha value is -5.25. The second kappa shape index (κ2) is 11.1. The van der Waals surface area contributed by atoms with E-state index in [4.69, 9.17) is 9.47 Å². The van der Waals surface area contributed by atoms with Gasteiger partial charge in [0.15, 0.2) is 0 Å². The zero-order valence-corrected chi connectivity index (χ0v) is 24.3. The molecule has 0 bridgehead atoms. The number of hydrogen-bond acceptors (Lipinski definition) is 7. The smallest absolute Gasteiger partial charge is 0.315 e. The minimum absolute atomic E-state index is 0.0426. The Kier molecular flexibility index (Phi) is 6.96. The van der Waals surface area contributed by atoms with Gasteiger partial charge < -0.3 is 14.5 Å². The van der Waals surface area contributed by atoms with Crippen LogP contribution in [0, 0.1) is 11.8 Å². The van der Waals surface area contributed by atoms with Crippen molar-refractivity contribution in [3.05, 3.63) is 113 Å². The number of H-pyrrole nitrogens is 1. The molecule has 3 heterocycles. The van der Waals surface area contributed by atoms with Crippen molar-refractivity contribution in [2.45, 2.75) is 31.8 Å². The Morgan fingerprint density at radius 1 is 0.909 bits per heavy atom. The molecule has 2 aliphatic rings. The van der Waals surface area contributed by atoms with Crippen molar-refractivity contribution in [1.82, 2.24) is 24.9 Å². The van der Waals surface area contributed by atoms with E-state index in [2.05, 4.69) is 15.3 Å². The molecule has 0 radical (unpaired) electrons. The van der Waals surface area contributed by atoms with Gasteiger partial charge in [0.2, 0.25) is 11.8 Å². The van der Waals surface area contributed by atoms with Gasteiger partial charge in [0.05, 0.1) is 44.8 Å². The second-order valence-electron chi connectivity index (χ2n) is 11.2. The highest BCUT2D eigenvalue weighted by molar-refractivity contribution is 6.09. The number of carbonyl (C=O) groups excluding carboxylic acids is 3. The molecular weight excluding hydrogens is 558 g/mol. The van der Waals surface area contributed by atoms with Gasteiger partial charge in [0, 0.05) is 22.5 Å². The number of nitrogens with zero attached hydrogens (tertiary/aromatic N) is 4. The highest BCUT2D eigenvalue weighted by atomic mass is 16.5. The standard InChI is InChI=1S/C34H31N5O5/c1-3-44-34(42)30-29-28(32(40)39(33(29)41)19-22-18-38(37-36-22)17-20-9-5-4-6-10-20)26(21-13-15-23(43-2)16-14-21)27-24-11-7-8-12-25(24)35-31(27)30/h4-16,18,26,28-30,35H,3,17,19H2,1-2H3/t26-,28-,29-,30+/m0/s1. The molecule has 10 heteroatoms. The number of esters is 1. The number of aromatic nitrogens is 4. The summed E-state index contributed by atoms with van der Waals surface area (Å²) in [5, 5.41) is 9.39. The van der Waals surface area contributed by atoms with E-state index in [9.17, 15) is 14.4 Å². The molecule has 2 aromatic heterocycles. The molecule has 10 nitrogen and oxygen atoms in total. The number of carbonyl (C=O) groups is 3. The first-order chi connectivity index (χ1) is 21.5. The summed E-state index contributed by atoms with van der Waals surface area (Å²) in [5.41, 5.74) is 4.67. The molecule has 3 aromatic carbocycles. The lowest BCUT2D eigenvalue weighted by Gasteiger charge is -2.36. The summed E-state index contributed by atoms with van der Waals surface area (Å²) < 4.78 is 12.6. The number of fused-ring (bicyclic) bond motifs is 4. The van der Waals surface area contributed by atoms with E-state index in [1.165, 1.54) is 4.90 Å². The van der Waals surface area contributed by atoms with E-state index in [1.807, 2.05) is 78.9 Å². The zero-order valence-electron chi connectivity index (χ0n) is 24.3. The van der Waals surface area contributed by atoms with E-state index in [1.54, 1.807) is 24.9 Å². The van der Waals surface area contributed by atoms with Crippen LogP contribution in [0.5, 0.6) is 5.75 Å². The van der Waals surface area contributed by atoms with Crippen LogP contribution in [-0.4, -0.2) is 56.4 Å². The number of ether oxygens (including phenoxy) is 2. The van der Waals surface area contributed by atoms with E-state index < -0.39 is 35.5 Å². The van der Waals surface area contributed by atoms with Crippen LogP contribution in [-0.2, 0) is 32.2 Å². The van der Waals surface area contributed by atoms with Crippen molar-refractivity contribution in [2.24, 2.45) is 11.8 Å². The van der Waals surface area contributed by atoms with Crippen LogP contribution in [0.4, 0.5) is 0 Å². The maximum Gasteiger partial charge on any atom is 0.315 e. The number of imide groups is 1. The van der Waals surface area contributed by atoms with Crippen molar-refractivity contribution in [3.8, 4) is 5.75 Å². The quantitative estimate of drug-likeness (QED) is 0.210. The topological polar surface area (TPSA) is 119 Å². The van der Waals surface area contributed by atoms with Gasteiger partial charge in [0.1, 0.15) is 17.4 Å². The van der Waals surface area contributed by atoms with Crippen molar-refractivity contribution in [2.75, 3.05) is 13.7 Å². The zero-order chi connectivity index (χ0) is 30.4. The molecule has 4 atom stereocenters. The number of methoxy groups -OCH3 is 1. The number of hydrogen-bond donors (Lipinski definition) is 1. The molecule has 44 heavy (non-hydrogen) atoms. The predicted molar refractivity (Wildman–Crippen MR) is 161 cm³/mol. The molecular formula is C34H31N5O5. The lowest BCUT2D eigenvalue weighted by atomic mass is 9.64. The van der Waals surface area contributed by atoms with Crippen LogP contribution >= 0.6 is 0 Å². The summed E-state index contributed by atoms with van der Waals surface area (Å²) in [6.07, 6.45) is 1.75. The van der Waals surface area contributed by atoms with Crippen LogP contribution in [0.3, 0.4) is 0 Å². The maximum atomic E-state index is 14.4. The third-order valence-electron chi connectivity index (χ3n) is 8.72. The number of amides is 2. The molecule has 2 amide bonds. The monoisotopic (exact) mass is 589 g/mol. The van der Waals surface area contributed by atoms with Crippen LogP contribution in [0.2, 0.25) is 0 Å².